The smallest absolute Gasteiger partial charge is 0.267 e. The van der Waals surface area contributed by atoms with Crippen LogP contribution in [0.15, 0.2) is 82.6 Å². The van der Waals surface area contributed by atoms with E-state index in [4.69, 9.17) is 28.8 Å². The van der Waals surface area contributed by atoms with Crippen molar-refractivity contribution in [3.05, 3.63) is 110 Å². The lowest BCUT2D eigenvalue weighted by Crippen LogP contribution is -2.47. The molecule has 41 heavy (non-hydrogen) atoms. The van der Waals surface area contributed by atoms with E-state index in [1.165, 1.54) is 11.8 Å². The molecule has 0 saturated carbocycles. The fourth-order valence-electron chi connectivity index (χ4n) is 5.29. The number of pyridine rings is 1. The maximum Gasteiger partial charge on any atom is 0.267 e. The van der Waals surface area contributed by atoms with Crippen LogP contribution < -0.4 is 15.4 Å². The molecule has 2 aromatic carbocycles. The third-order valence-corrected chi connectivity index (χ3v) is 9.07. The SMILES string of the molecule is Cc1ccc2nc(N3CCN(c4cccc(Cl)c4)CC3)c(C=C3SC(=S)N(C(C)c4ccccc4)C3=O)c(=O)n2c1. The third-order valence-electron chi connectivity index (χ3n) is 7.51. The predicted molar refractivity (Wildman–Crippen MR) is 172 cm³/mol. The second-order valence-electron chi connectivity index (χ2n) is 10.2. The zero-order valence-corrected chi connectivity index (χ0v) is 25.0. The highest BCUT2D eigenvalue weighted by atomic mass is 35.5. The first-order valence-electron chi connectivity index (χ1n) is 13.4. The van der Waals surface area contributed by atoms with Crippen molar-refractivity contribution in [2.24, 2.45) is 0 Å². The molecule has 208 valence electrons. The van der Waals surface area contributed by atoms with Gasteiger partial charge in [0.15, 0.2) is 0 Å². The van der Waals surface area contributed by atoms with Crippen molar-refractivity contribution in [1.82, 2.24) is 14.3 Å². The minimum Gasteiger partial charge on any atom is -0.368 e. The molecule has 1 atom stereocenters. The van der Waals surface area contributed by atoms with Gasteiger partial charge >= 0.3 is 0 Å². The van der Waals surface area contributed by atoms with Gasteiger partial charge in [0.2, 0.25) is 0 Å². The fraction of sp³-hybridized carbons (Fsp3) is 0.226. The zero-order valence-electron chi connectivity index (χ0n) is 22.7. The highest BCUT2D eigenvalue weighted by molar-refractivity contribution is 8.26. The second-order valence-corrected chi connectivity index (χ2v) is 12.3. The largest absolute Gasteiger partial charge is 0.368 e. The number of anilines is 2. The van der Waals surface area contributed by atoms with Crippen LogP contribution in [0.2, 0.25) is 5.02 Å². The minimum absolute atomic E-state index is 0.207. The summed E-state index contributed by atoms with van der Waals surface area (Å²) in [5.74, 6) is 0.368. The number of amides is 1. The number of thiocarbonyl (C=S) groups is 1. The normalized spacial score (nSPS) is 17.6. The summed E-state index contributed by atoms with van der Waals surface area (Å²) in [5, 5.41) is 0.700. The van der Waals surface area contributed by atoms with Gasteiger partial charge in [-0.05, 0) is 55.3 Å². The average Bonchev–Trinajstić information content (AvgIpc) is 3.27. The number of carbonyl (C=O) groups is 1. The molecule has 2 aliphatic rings. The lowest BCUT2D eigenvalue weighted by molar-refractivity contribution is -0.123. The summed E-state index contributed by atoms with van der Waals surface area (Å²) < 4.78 is 2.03. The number of carbonyl (C=O) groups excluding carboxylic acids is 1. The van der Waals surface area contributed by atoms with E-state index in [1.807, 2.05) is 80.6 Å². The molecule has 4 aromatic rings. The third kappa shape index (κ3) is 5.37. The molecular formula is C31H28ClN5O2S2. The van der Waals surface area contributed by atoms with Gasteiger partial charge in [-0.2, -0.15) is 0 Å². The summed E-state index contributed by atoms with van der Waals surface area (Å²) in [4.78, 5) is 39.0. The Morgan fingerprint density at radius 1 is 0.976 bits per heavy atom. The van der Waals surface area contributed by atoms with Gasteiger partial charge < -0.3 is 9.80 Å². The Labute approximate surface area is 253 Å². The Bertz CT molecular complexity index is 1750. The fourth-order valence-corrected chi connectivity index (χ4v) is 6.87. The number of aromatic nitrogens is 2. The number of nitrogens with zero attached hydrogens (tertiary/aromatic N) is 5. The number of aryl methyl sites for hydroxylation is 1. The van der Waals surface area contributed by atoms with E-state index in [2.05, 4.69) is 9.80 Å². The van der Waals surface area contributed by atoms with Crippen LogP contribution in [0, 0.1) is 6.92 Å². The number of hydrogen-bond donors (Lipinski definition) is 0. The molecule has 2 aromatic heterocycles. The van der Waals surface area contributed by atoms with E-state index in [1.54, 1.807) is 21.6 Å². The van der Waals surface area contributed by atoms with Crippen molar-refractivity contribution in [2.45, 2.75) is 19.9 Å². The van der Waals surface area contributed by atoms with Crippen molar-refractivity contribution >= 4 is 69.0 Å². The summed E-state index contributed by atoms with van der Waals surface area (Å²) in [7, 11) is 0. The molecule has 2 aliphatic heterocycles. The van der Waals surface area contributed by atoms with Crippen LogP contribution in [0.1, 0.15) is 29.7 Å². The Morgan fingerprint density at radius 2 is 1.71 bits per heavy atom. The van der Waals surface area contributed by atoms with Crippen LogP contribution in [-0.4, -0.2) is 50.7 Å². The lowest BCUT2D eigenvalue weighted by Gasteiger charge is -2.37. The molecule has 1 amide bonds. The van der Waals surface area contributed by atoms with Crippen LogP contribution in [0.3, 0.4) is 0 Å². The topological polar surface area (TPSA) is 61.2 Å². The van der Waals surface area contributed by atoms with Gasteiger partial charge in [0, 0.05) is 43.1 Å². The molecule has 0 bridgehead atoms. The zero-order chi connectivity index (χ0) is 28.7. The van der Waals surface area contributed by atoms with Gasteiger partial charge in [-0.25, -0.2) is 4.98 Å². The minimum atomic E-state index is -0.230. The first kappa shape index (κ1) is 27.5. The lowest BCUT2D eigenvalue weighted by atomic mass is 10.1. The Morgan fingerprint density at radius 3 is 2.44 bits per heavy atom. The first-order valence-corrected chi connectivity index (χ1v) is 15.0. The van der Waals surface area contributed by atoms with Crippen molar-refractivity contribution < 1.29 is 4.79 Å². The van der Waals surface area contributed by atoms with Crippen LogP contribution in [0.25, 0.3) is 11.7 Å². The summed E-state index contributed by atoms with van der Waals surface area (Å²) in [6, 6.07) is 21.2. The van der Waals surface area contributed by atoms with E-state index in [0.29, 0.717) is 44.4 Å². The summed E-state index contributed by atoms with van der Waals surface area (Å²) in [6.45, 7) is 6.70. The second kappa shape index (κ2) is 11.3. The maximum absolute atomic E-state index is 13.9. The van der Waals surface area contributed by atoms with Gasteiger partial charge in [0.25, 0.3) is 11.5 Å². The van der Waals surface area contributed by atoms with Crippen molar-refractivity contribution in [2.75, 3.05) is 36.0 Å². The number of fused-ring (bicyclic) bond motifs is 1. The van der Waals surface area contributed by atoms with E-state index in [-0.39, 0.29) is 17.5 Å². The van der Waals surface area contributed by atoms with Crippen molar-refractivity contribution in [3.8, 4) is 0 Å². The number of benzene rings is 2. The maximum atomic E-state index is 13.9. The quantitative estimate of drug-likeness (QED) is 0.207. The number of hydrogen-bond acceptors (Lipinski definition) is 7. The summed E-state index contributed by atoms with van der Waals surface area (Å²) >= 11 is 13.1. The molecule has 0 aliphatic carbocycles. The number of halogens is 1. The Balaban J connectivity index is 1.37. The van der Waals surface area contributed by atoms with Crippen LogP contribution >= 0.6 is 35.6 Å². The molecule has 0 N–H and O–H groups in total. The van der Waals surface area contributed by atoms with Gasteiger partial charge in [0.1, 0.15) is 15.8 Å². The molecule has 1 unspecified atom stereocenters. The summed E-state index contributed by atoms with van der Waals surface area (Å²) in [6.07, 6.45) is 3.46. The number of piperazine rings is 1. The van der Waals surface area contributed by atoms with Crippen LogP contribution in [0.5, 0.6) is 0 Å². The van der Waals surface area contributed by atoms with Crippen molar-refractivity contribution in [3.63, 3.8) is 0 Å². The first-order chi connectivity index (χ1) is 19.8. The molecule has 6 rings (SSSR count). The molecule has 0 spiro atoms. The van der Waals surface area contributed by atoms with Gasteiger partial charge in [-0.15, -0.1) is 0 Å². The number of thioether (sulfide) groups is 1. The molecular weight excluding hydrogens is 574 g/mol. The summed E-state index contributed by atoms with van der Waals surface area (Å²) in [5.41, 5.74) is 3.74. The monoisotopic (exact) mass is 601 g/mol. The Kier molecular flexibility index (Phi) is 7.59. The van der Waals surface area contributed by atoms with E-state index >= 15 is 0 Å². The van der Waals surface area contributed by atoms with E-state index in [9.17, 15) is 9.59 Å². The molecule has 7 nitrogen and oxygen atoms in total. The van der Waals surface area contributed by atoms with Crippen LogP contribution in [-0.2, 0) is 4.79 Å². The number of rotatable bonds is 5. The van der Waals surface area contributed by atoms with E-state index in [0.717, 1.165) is 29.9 Å². The van der Waals surface area contributed by atoms with Gasteiger partial charge in [-0.1, -0.05) is 78.0 Å². The Hall–Kier alpha value is -3.66. The van der Waals surface area contributed by atoms with Crippen LogP contribution in [0.4, 0.5) is 11.5 Å². The molecule has 2 saturated heterocycles. The van der Waals surface area contributed by atoms with Gasteiger partial charge in [0.05, 0.1) is 16.5 Å². The van der Waals surface area contributed by atoms with Crippen molar-refractivity contribution in [1.29, 1.82) is 0 Å². The molecule has 4 heterocycles. The molecule has 10 heteroatoms. The standard InChI is InChI=1S/C31H28ClN5O2S2/c1-20-11-12-27-33-28(35-15-13-34(14-16-35)24-10-6-9-23(32)17-24)25(29(38)36(27)19-20)18-26-30(39)37(31(40)41-26)21(2)22-7-4-3-5-8-22/h3-12,17-19,21H,13-16H2,1-2H3. The molecule has 0 radical (unpaired) electrons. The average molecular weight is 602 g/mol. The van der Waals surface area contributed by atoms with Gasteiger partial charge in [-0.3, -0.25) is 18.9 Å². The highest BCUT2D eigenvalue weighted by Gasteiger charge is 2.36. The van der Waals surface area contributed by atoms with E-state index < -0.39 is 0 Å². The molecule has 2 fully saturated rings. The highest BCUT2D eigenvalue weighted by Crippen LogP contribution is 2.38. The predicted octanol–water partition coefficient (Wildman–Crippen LogP) is 5.95.